The molecule has 3 aromatic rings. The number of fused-ring (bicyclic) bond motifs is 1. The van der Waals surface area contributed by atoms with Crippen molar-refractivity contribution in [3.05, 3.63) is 70.7 Å². The van der Waals surface area contributed by atoms with Crippen LogP contribution < -0.4 is 16.0 Å². The summed E-state index contributed by atoms with van der Waals surface area (Å²) in [6.07, 6.45) is -0.0406. The van der Waals surface area contributed by atoms with Gasteiger partial charge in [0, 0.05) is 42.4 Å². The van der Waals surface area contributed by atoms with Crippen LogP contribution in [0.15, 0.2) is 53.9 Å². The van der Waals surface area contributed by atoms with Crippen LogP contribution in [0.2, 0.25) is 0 Å². The lowest BCUT2D eigenvalue weighted by molar-refractivity contribution is -0.116. The first-order valence-corrected chi connectivity index (χ1v) is 13.3. The number of imide groups is 1. The maximum atomic E-state index is 12.4. The molecule has 0 saturated heterocycles. The summed E-state index contributed by atoms with van der Waals surface area (Å²) in [5, 5.41) is 10.3. The Morgan fingerprint density at radius 1 is 0.892 bits per heavy atom. The Labute approximate surface area is 220 Å². The van der Waals surface area contributed by atoms with Gasteiger partial charge < -0.3 is 16.0 Å². The molecule has 5 amide bonds. The molecule has 0 aliphatic carbocycles. The highest BCUT2D eigenvalue weighted by Crippen LogP contribution is 2.23. The number of nitrogens with zero attached hydrogens (tertiary/aromatic N) is 2. The van der Waals surface area contributed by atoms with E-state index in [1.54, 1.807) is 53.9 Å². The van der Waals surface area contributed by atoms with Gasteiger partial charge >= 0.3 is 0 Å². The summed E-state index contributed by atoms with van der Waals surface area (Å²) in [5.74, 6) is -0.785. The van der Waals surface area contributed by atoms with Gasteiger partial charge in [0.25, 0.3) is 11.8 Å². The SMILES string of the molecule is CC(=O)Nc1ccc(NC(=O)CSCc2csc(NC(=O)CCN3C(=O)c4ccccc4C3=O)n2)cc1. The molecule has 10 nitrogen and oxygen atoms in total. The third-order valence-corrected chi connectivity index (χ3v) is 6.98. The number of thiazole rings is 1. The van der Waals surface area contributed by atoms with Crippen molar-refractivity contribution in [1.29, 1.82) is 0 Å². The first kappa shape index (κ1) is 26.0. The topological polar surface area (TPSA) is 138 Å². The van der Waals surface area contributed by atoms with Crippen molar-refractivity contribution in [2.75, 3.05) is 28.2 Å². The van der Waals surface area contributed by atoms with Gasteiger partial charge in [-0.25, -0.2) is 4.98 Å². The number of nitrogens with one attached hydrogen (secondary N) is 3. The molecule has 0 bridgehead atoms. The number of hydrogen-bond acceptors (Lipinski definition) is 8. The van der Waals surface area contributed by atoms with Crippen molar-refractivity contribution < 1.29 is 24.0 Å². The first-order chi connectivity index (χ1) is 17.8. The molecule has 1 aliphatic heterocycles. The average molecular weight is 538 g/mol. The molecule has 0 radical (unpaired) electrons. The van der Waals surface area contributed by atoms with Gasteiger partial charge in [0.2, 0.25) is 17.7 Å². The molecule has 190 valence electrons. The highest BCUT2D eigenvalue weighted by atomic mass is 32.2. The maximum Gasteiger partial charge on any atom is 0.261 e. The van der Waals surface area contributed by atoms with E-state index in [0.29, 0.717) is 33.4 Å². The Morgan fingerprint density at radius 3 is 2.14 bits per heavy atom. The average Bonchev–Trinajstić information content (AvgIpc) is 3.40. The highest BCUT2D eigenvalue weighted by Gasteiger charge is 2.35. The fourth-order valence-corrected chi connectivity index (χ4v) is 5.10. The second-order valence-corrected chi connectivity index (χ2v) is 9.89. The van der Waals surface area contributed by atoms with Crippen LogP contribution in [0.4, 0.5) is 16.5 Å². The van der Waals surface area contributed by atoms with E-state index in [-0.39, 0.29) is 36.4 Å². The van der Waals surface area contributed by atoms with E-state index in [0.717, 1.165) is 10.6 Å². The Kier molecular flexibility index (Phi) is 8.31. The van der Waals surface area contributed by atoms with Gasteiger partial charge in [-0.15, -0.1) is 23.1 Å². The van der Waals surface area contributed by atoms with Crippen LogP contribution in [0.3, 0.4) is 0 Å². The number of rotatable bonds is 10. The fourth-order valence-electron chi connectivity index (χ4n) is 3.55. The third-order valence-electron chi connectivity index (χ3n) is 5.21. The van der Waals surface area contributed by atoms with E-state index in [4.69, 9.17) is 0 Å². The van der Waals surface area contributed by atoms with E-state index >= 15 is 0 Å². The van der Waals surface area contributed by atoms with Crippen LogP contribution >= 0.6 is 23.1 Å². The van der Waals surface area contributed by atoms with Crippen molar-refractivity contribution in [3.8, 4) is 0 Å². The van der Waals surface area contributed by atoms with Gasteiger partial charge in [-0.2, -0.15) is 0 Å². The van der Waals surface area contributed by atoms with Crippen LogP contribution in [0.1, 0.15) is 39.8 Å². The summed E-state index contributed by atoms with van der Waals surface area (Å²) in [6, 6.07) is 13.4. The zero-order chi connectivity index (χ0) is 26.4. The quantitative estimate of drug-likeness (QED) is 0.336. The molecule has 0 spiro atoms. The summed E-state index contributed by atoms with van der Waals surface area (Å²) in [4.78, 5) is 65.8. The zero-order valence-electron chi connectivity index (χ0n) is 19.8. The lowest BCUT2D eigenvalue weighted by atomic mass is 10.1. The fraction of sp³-hybridized carbons (Fsp3) is 0.200. The minimum Gasteiger partial charge on any atom is -0.326 e. The second kappa shape index (κ2) is 11.8. The molecule has 1 aromatic heterocycles. The van der Waals surface area contributed by atoms with Gasteiger partial charge in [0.15, 0.2) is 5.13 Å². The number of amides is 5. The van der Waals surface area contributed by atoms with E-state index in [2.05, 4.69) is 20.9 Å². The van der Waals surface area contributed by atoms with Gasteiger partial charge in [-0.3, -0.25) is 28.9 Å². The van der Waals surface area contributed by atoms with Crippen molar-refractivity contribution in [2.45, 2.75) is 19.1 Å². The molecule has 0 unspecified atom stereocenters. The van der Waals surface area contributed by atoms with E-state index in [9.17, 15) is 24.0 Å². The minimum absolute atomic E-state index is 0.0165. The smallest absolute Gasteiger partial charge is 0.261 e. The van der Waals surface area contributed by atoms with Crippen molar-refractivity contribution >= 4 is 69.1 Å². The van der Waals surface area contributed by atoms with E-state index in [1.807, 2.05) is 0 Å². The molecular formula is C25H23N5O5S2. The molecule has 12 heteroatoms. The monoisotopic (exact) mass is 537 g/mol. The third kappa shape index (κ3) is 6.80. The van der Waals surface area contributed by atoms with Gasteiger partial charge in [0.1, 0.15) is 0 Å². The summed E-state index contributed by atoms with van der Waals surface area (Å²) >= 11 is 2.64. The molecule has 2 heterocycles. The number of anilines is 3. The van der Waals surface area contributed by atoms with Crippen molar-refractivity contribution in [2.24, 2.45) is 0 Å². The lowest BCUT2D eigenvalue weighted by Crippen LogP contribution is -2.32. The molecule has 3 N–H and O–H groups in total. The number of benzene rings is 2. The predicted molar refractivity (Wildman–Crippen MR) is 143 cm³/mol. The molecule has 0 atom stereocenters. The summed E-state index contributed by atoms with van der Waals surface area (Å²) in [6.45, 7) is 1.41. The van der Waals surface area contributed by atoms with Gasteiger partial charge in [0.05, 0.1) is 22.6 Å². The standard InChI is InChI=1S/C25H23N5O5S2/c1-15(31)26-16-6-8-17(9-7-16)27-22(33)14-36-12-18-13-37-25(28-18)29-21(32)10-11-30-23(34)19-4-2-3-5-20(19)24(30)35/h2-9,13H,10-12,14H2,1H3,(H,26,31)(H,27,33)(H,28,29,32). The second-order valence-electron chi connectivity index (χ2n) is 8.05. The Balaban J connectivity index is 1.17. The number of hydrogen-bond donors (Lipinski definition) is 3. The predicted octanol–water partition coefficient (Wildman–Crippen LogP) is 3.60. The lowest BCUT2D eigenvalue weighted by Gasteiger charge is -2.12. The van der Waals surface area contributed by atoms with Crippen LogP contribution in [0.5, 0.6) is 0 Å². The summed E-state index contributed by atoms with van der Waals surface area (Å²) in [7, 11) is 0. The number of aromatic nitrogens is 1. The largest absolute Gasteiger partial charge is 0.326 e. The molecule has 37 heavy (non-hydrogen) atoms. The Morgan fingerprint density at radius 2 is 1.51 bits per heavy atom. The highest BCUT2D eigenvalue weighted by molar-refractivity contribution is 7.99. The van der Waals surface area contributed by atoms with E-state index in [1.165, 1.54) is 30.0 Å². The molecule has 0 fully saturated rings. The summed E-state index contributed by atoms with van der Waals surface area (Å²) in [5.41, 5.74) is 2.69. The first-order valence-electron chi connectivity index (χ1n) is 11.2. The maximum absolute atomic E-state index is 12.4. The normalized spacial score (nSPS) is 12.3. The van der Waals surface area contributed by atoms with Crippen LogP contribution in [0, 0.1) is 0 Å². The van der Waals surface area contributed by atoms with Crippen molar-refractivity contribution in [3.63, 3.8) is 0 Å². The van der Waals surface area contributed by atoms with Crippen LogP contribution in [-0.2, 0) is 20.1 Å². The Bertz CT molecular complexity index is 1320. The van der Waals surface area contributed by atoms with Gasteiger partial charge in [-0.1, -0.05) is 12.1 Å². The molecule has 1 aliphatic rings. The zero-order valence-corrected chi connectivity index (χ0v) is 21.4. The van der Waals surface area contributed by atoms with Crippen molar-refractivity contribution in [1.82, 2.24) is 9.88 Å². The van der Waals surface area contributed by atoms with Crippen LogP contribution in [0.25, 0.3) is 0 Å². The molecular weight excluding hydrogens is 514 g/mol. The Hall–Kier alpha value is -4.03. The van der Waals surface area contributed by atoms with Crippen LogP contribution in [-0.4, -0.2) is 51.7 Å². The van der Waals surface area contributed by atoms with Gasteiger partial charge in [-0.05, 0) is 36.4 Å². The van der Waals surface area contributed by atoms with E-state index < -0.39 is 11.8 Å². The minimum atomic E-state index is -0.395. The molecule has 0 saturated carbocycles. The number of carbonyl (C=O) groups excluding carboxylic acids is 5. The molecule has 2 aromatic carbocycles. The molecule has 4 rings (SSSR count). The number of carbonyl (C=O) groups is 5. The number of thioether (sulfide) groups is 1. The summed E-state index contributed by atoms with van der Waals surface area (Å²) < 4.78 is 0.